The summed E-state index contributed by atoms with van der Waals surface area (Å²) in [6, 6.07) is 2.92. The number of pyridine rings is 1. The van der Waals surface area contributed by atoms with Gasteiger partial charge in [-0.3, -0.25) is 14.9 Å². The third-order valence-electron chi connectivity index (χ3n) is 3.85. The van der Waals surface area contributed by atoms with Crippen molar-refractivity contribution >= 4 is 17.4 Å². The number of aromatic nitrogens is 1. The molecule has 22 heavy (non-hydrogen) atoms. The molecule has 1 aromatic heterocycles. The van der Waals surface area contributed by atoms with Crippen LogP contribution in [-0.4, -0.2) is 64.9 Å². The molecular formula is C14H21N5O3. The Morgan fingerprint density at radius 1 is 1.36 bits per heavy atom. The number of anilines is 1. The lowest BCUT2D eigenvalue weighted by atomic mass is 10.3. The second-order valence-electron chi connectivity index (χ2n) is 5.23. The second kappa shape index (κ2) is 7.17. The molecule has 120 valence electrons. The SMILES string of the molecule is CCN1CCN(C(=O)CNc2ccc([N+](=O)[O-])c(C)n2)CC1. The number of carbonyl (C=O) groups is 1. The first-order chi connectivity index (χ1) is 10.5. The summed E-state index contributed by atoms with van der Waals surface area (Å²) >= 11 is 0. The molecule has 2 rings (SSSR count). The molecule has 1 N–H and O–H groups in total. The maximum absolute atomic E-state index is 12.1. The van der Waals surface area contributed by atoms with E-state index in [-0.39, 0.29) is 18.1 Å². The van der Waals surface area contributed by atoms with Crippen LogP contribution in [-0.2, 0) is 4.79 Å². The molecule has 1 aliphatic rings. The van der Waals surface area contributed by atoms with Crippen molar-refractivity contribution < 1.29 is 9.72 Å². The quantitative estimate of drug-likeness (QED) is 0.641. The van der Waals surface area contributed by atoms with Crippen molar-refractivity contribution in [1.29, 1.82) is 0 Å². The lowest BCUT2D eigenvalue weighted by Crippen LogP contribution is -2.49. The third-order valence-corrected chi connectivity index (χ3v) is 3.85. The van der Waals surface area contributed by atoms with Gasteiger partial charge in [0.2, 0.25) is 5.91 Å². The zero-order valence-electron chi connectivity index (χ0n) is 12.9. The van der Waals surface area contributed by atoms with Crippen molar-refractivity contribution in [1.82, 2.24) is 14.8 Å². The van der Waals surface area contributed by atoms with Crippen LogP contribution in [0.4, 0.5) is 11.5 Å². The summed E-state index contributed by atoms with van der Waals surface area (Å²) in [5, 5.41) is 13.7. The fourth-order valence-electron chi connectivity index (χ4n) is 2.44. The molecule has 8 nitrogen and oxygen atoms in total. The Balaban J connectivity index is 1.86. The molecule has 0 bridgehead atoms. The van der Waals surface area contributed by atoms with E-state index < -0.39 is 4.92 Å². The monoisotopic (exact) mass is 307 g/mol. The molecule has 2 heterocycles. The van der Waals surface area contributed by atoms with Gasteiger partial charge in [0.1, 0.15) is 11.5 Å². The fraction of sp³-hybridized carbons (Fsp3) is 0.571. The summed E-state index contributed by atoms with van der Waals surface area (Å²) < 4.78 is 0. The normalized spacial score (nSPS) is 15.6. The molecule has 0 spiro atoms. The van der Waals surface area contributed by atoms with Crippen molar-refractivity contribution in [3.05, 3.63) is 27.9 Å². The Bertz CT molecular complexity index is 555. The zero-order valence-corrected chi connectivity index (χ0v) is 12.9. The molecule has 1 saturated heterocycles. The molecule has 0 atom stereocenters. The zero-order chi connectivity index (χ0) is 16.1. The van der Waals surface area contributed by atoms with Crippen molar-refractivity contribution in [2.75, 3.05) is 44.6 Å². The van der Waals surface area contributed by atoms with Gasteiger partial charge in [-0.2, -0.15) is 0 Å². The summed E-state index contributed by atoms with van der Waals surface area (Å²) in [7, 11) is 0. The summed E-state index contributed by atoms with van der Waals surface area (Å²) in [5.74, 6) is 0.497. The molecule has 8 heteroatoms. The van der Waals surface area contributed by atoms with Gasteiger partial charge in [-0.05, 0) is 19.5 Å². The molecule has 0 aromatic carbocycles. The van der Waals surface area contributed by atoms with Gasteiger partial charge >= 0.3 is 0 Å². The lowest BCUT2D eigenvalue weighted by Gasteiger charge is -2.34. The minimum atomic E-state index is -0.468. The van der Waals surface area contributed by atoms with Crippen LogP contribution in [0, 0.1) is 17.0 Å². The van der Waals surface area contributed by atoms with Gasteiger partial charge in [-0.1, -0.05) is 6.92 Å². The molecular weight excluding hydrogens is 286 g/mol. The summed E-state index contributed by atoms with van der Waals surface area (Å²) in [6.07, 6.45) is 0. The first-order valence-electron chi connectivity index (χ1n) is 7.37. The first-order valence-corrected chi connectivity index (χ1v) is 7.37. The Kier molecular flexibility index (Phi) is 5.26. The third kappa shape index (κ3) is 3.91. The average molecular weight is 307 g/mol. The highest BCUT2D eigenvalue weighted by Gasteiger charge is 2.20. The van der Waals surface area contributed by atoms with Crippen LogP contribution in [0.5, 0.6) is 0 Å². The Morgan fingerprint density at radius 2 is 2.05 bits per heavy atom. The van der Waals surface area contributed by atoms with Gasteiger partial charge in [0.15, 0.2) is 0 Å². The number of rotatable bonds is 5. The number of nitro groups is 1. The molecule has 1 aliphatic heterocycles. The van der Waals surface area contributed by atoms with E-state index in [9.17, 15) is 14.9 Å². The van der Waals surface area contributed by atoms with Gasteiger partial charge in [0.25, 0.3) is 5.69 Å². The van der Waals surface area contributed by atoms with Crippen molar-refractivity contribution in [2.45, 2.75) is 13.8 Å². The molecule has 1 amide bonds. The van der Waals surface area contributed by atoms with Crippen LogP contribution >= 0.6 is 0 Å². The number of nitrogens with one attached hydrogen (secondary N) is 1. The number of amides is 1. The van der Waals surface area contributed by atoms with E-state index in [0.717, 1.165) is 32.7 Å². The number of nitrogens with zero attached hydrogens (tertiary/aromatic N) is 4. The average Bonchev–Trinajstić information content (AvgIpc) is 2.52. The van der Waals surface area contributed by atoms with Gasteiger partial charge in [0, 0.05) is 32.2 Å². The predicted molar refractivity (Wildman–Crippen MR) is 82.8 cm³/mol. The topological polar surface area (TPSA) is 91.6 Å². The van der Waals surface area contributed by atoms with Crippen LogP contribution in [0.1, 0.15) is 12.6 Å². The molecule has 1 aromatic rings. The summed E-state index contributed by atoms with van der Waals surface area (Å²) in [6.45, 7) is 8.12. The highest BCUT2D eigenvalue weighted by Crippen LogP contribution is 2.17. The molecule has 0 saturated carbocycles. The fourth-order valence-corrected chi connectivity index (χ4v) is 2.44. The largest absolute Gasteiger partial charge is 0.361 e. The standard InChI is InChI=1S/C14H21N5O3/c1-3-17-6-8-18(9-7-17)14(20)10-15-13-5-4-12(19(21)22)11(2)16-13/h4-5H,3,6-10H2,1-2H3,(H,15,16). The predicted octanol–water partition coefficient (Wildman–Crippen LogP) is 0.874. The second-order valence-corrected chi connectivity index (χ2v) is 5.23. The van der Waals surface area contributed by atoms with E-state index in [0.29, 0.717) is 11.5 Å². The van der Waals surface area contributed by atoms with Crippen LogP contribution in [0.25, 0.3) is 0 Å². The summed E-state index contributed by atoms with van der Waals surface area (Å²) in [4.78, 5) is 30.6. The number of likely N-dealkylation sites (N-methyl/N-ethyl adjacent to an activating group) is 1. The number of aryl methyl sites for hydroxylation is 1. The minimum Gasteiger partial charge on any atom is -0.361 e. The lowest BCUT2D eigenvalue weighted by molar-refractivity contribution is -0.385. The minimum absolute atomic E-state index is 0.0208. The molecule has 1 fully saturated rings. The number of carbonyl (C=O) groups excluding carboxylic acids is 1. The van der Waals surface area contributed by atoms with Crippen molar-refractivity contribution in [3.63, 3.8) is 0 Å². The first kappa shape index (κ1) is 16.2. The van der Waals surface area contributed by atoms with E-state index in [1.54, 1.807) is 6.92 Å². The smallest absolute Gasteiger partial charge is 0.290 e. The molecule has 0 unspecified atom stereocenters. The van der Waals surface area contributed by atoms with Gasteiger partial charge in [-0.15, -0.1) is 0 Å². The van der Waals surface area contributed by atoms with E-state index in [2.05, 4.69) is 22.1 Å². The Labute approximate surface area is 129 Å². The van der Waals surface area contributed by atoms with E-state index in [1.807, 2.05) is 4.90 Å². The number of hydrogen-bond donors (Lipinski definition) is 1. The van der Waals surface area contributed by atoms with E-state index >= 15 is 0 Å². The van der Waals surface area contributed by atoms with E-state index in [1.165, 1.54) is 12.1 Å². The highest BCUT2D eigenvalue weighted by atomic mass is 16.6. The van der Waals surface area contributed by atoms with E-state index in [4.69, 9.17) is 0 Å². The van der Waals surface area contributed by atoms with Gasteiger partial charge in [0.05, 0.1) is 11.5 Å². The number of hydrogen-bond acceptors (Lipinski definition) is 6. The van der Waals surface area contributed by atoms with Crippen molar-refractivity contribution in [3.8, 4) is 0 Å². The van der Waals surface area contributed by atoms with Crippen LogP contribution in [0.15, 0.2) is 12.1 Å². The number of piperazine rings is 1. The van der Waals surface area contributed by atoms with Gasteiger partial charge in [-0.25, -0.2) is 4.98 Å². The highest BCUT2D eigenvalue weighted by molar-refractivity contribution is 5.80. The van der Waals surface area contributed by atoms with Crippen LogP contribution in [0.3, 0.4) is 0 Å². The maximum Gasteiger partial charge on any atom is 0.290 e. The van der Waals surface area contributed by atoms with Gasteiger partial charge < -0.3 is 15.1 Å². The van der Waals surface area contributed by atoms with Crippen molar-refractivity contribution in [2.24, 2.45) is 0 Å². The molecule has 0 aliphatic carbocycles. The van der Waals surface area contributed by atoms with Crippen LogP contribution < -0.4 is 5.32 Å². The van der Waals surface area contributed by atoms with Crippen LogP contribution in [0.2, 0.25) is 0 Å². The summed E-state index contributed by atoms with van der Waals surface area (Å²) in [5.41, 5.74) is 0.312. The Hall–Kier alpha value is -2.22. The Morgan fingerprint density at radius 3 is 2.59 bits per heavy atom. The molecule has 0 radical (unpaired) electrons. The maximum atomic E-state index is 12.1.